The number of unbranched alkanes of at least 4 members (excludes halogenated alkanes) is 2. The number of hydrogen-bond donors (Lipinski definition) is 1. The van der Waals surface area contributed by atoms with Crippen LogP contribution in [0.1, 0.15) is 36.5 Å². The SMILES string of the molecule is CCCCCOc1ccc(C(=O)O)c(OC)c1. The van der Waals surface area contributed by atoms with Crippen LogP contribution in [0.25, 0.3) is 0 Å². The van der Waals surface area contributed by atoms with Gasteiger partial charge in [0.2, 0.25) is 0 Å². The molecule has 94 valence electrons. The van der Waals surface area contributed by atoms with Gasteiger partial charge in [-0.15, -0.1) is 0 Å². The van der Waals surface area contributed by atoms with E-state index in [-0.39, 0.29) is 5.56 Å². The summed E-state index contributed by atoms with van der Waals surface area (Å²) in [6.45, 7) is 2.77. The van der Waals surface area contributed by atoms with E-state index >= 15 is 0 Å². The fourth-order valence-electron chi connectivity index (χ4n) is 1.48. The average Bonchev–Trinajstić information content (AvgIpc) is 2.34. The standard InChI is InChI=1S/C13H18O4/c1-3-4-5-8-17-10-6-7-11(13(14)15)12(9-10)16-2/h6-7,9H,3-5,8H2,1-2H3,(H,14,15). The Balaban J connectivity index is 2.66. The summed E-state index contributed by atoms with van der Waals surface area (Å²) in [5, 5.41) is 8.91. The first kappa shape index (κ1) is 13.4. The van der Waals surface area contributed by atoms with Crippen LogP contribution >= 0.6 is 0 Å². The zero-order valence-corrected chi connectivity index (χ0v) is 10.2. The first-order valence-corrected chi connectivity index (χ1v) is 5.73. The third-order valence-electron chi connectivity index (χ3n) is 2.42. The maximum Gasteiger partial charge on any atom is 0.339 e. The molecule has 0 saturated heterocycles. The van der Waals surface area contributed by atoms with E-state index in [4.69, 9.17) is 14.6 Å². The summed E-state index contributed by atoms with van der Waals surface area (Å²) < 4.78 is 10.5. The fourth-order valence-corrected chi connectivity index (χ4v) is 1.48. The first-order valence-electron chi connectivity index (χ1n) is 5.73. The van der Waals surface area contributed by atoms with Crippen molar-refractivity contribution in [2.24, 2.45) is 0 Å². The maximum atomic E-state index is 10.9. The Morgan fingerprint density at radius 2 is 2.12 bits per heavy atom. The number of carboxylic acids is 1. The van der Waals surface area contributed by atoms with Crippen LogP contribution in [0.15, 0.2) is 18.2 Å². The lowest BCUT2D eigenvalue weighted by atomic mass is 10.2. The molecule has 0 spiro atoms. The molecule has 1 aromatic rings. The van der Waals surface area contributed by atoms with Gasteiger partial charge in [0.15, 0.2) is 0 Å². The van der Waals surface area contributed by atoms with Crippen LogP contribution in [0.2, 0.25) is 0 Å². The summed E-state index contributed by atoms with van der Waals surface area (Å²) in [4.78, 5) is 10.9. The molecule has 4 nitrogen and oxygen atoms in total. The van der Waals surface area contributed by atoms with Gasteiger partial charge < -0.3 is 14.6 Å². The zero-order valence-electron chi connectivity index (χ0n) is 10.2. The van der Waals surface area contributed by atoms with Crippen molar-refractivity contribution in [2.75, 3.05) is 13.7 Å². The minimum Gasteiger partial charge on any atom is -0.496 e. The zero-order chi connectivity index (χ0) is 12.7. The first-order chi connectivity index (χ1) is 8.19. The van der Waals surface area contributed by atoms with E-state index in [9.17, 15) is 4.79 Å². The Hall–Kier alpha value is -1.71. The van der Waals surface area contributed by atoms with Gasteiger partial charge in [0.25, 0.3) is 0 Å². The molecule has 1 rings (SSSR count). The van der Waals surface area contributed by atoms with Crippen molar-refractivity contribution in [3.05, 3.63) is 23.8 Å². The van der Waals surface area contributed by atoms with Gasteiger partial charge in [0, 0.05) is 6.07 Å². The topological polar surface area (TPSA) is 55.8 Å². The molecule has 1 aromatic carbocycles. The second kappa shape index (κ2) is 6.78. The van der Waals surface area contributed by atoms with Crippen LogP contribution < -0.4 is 9.47 Å². The summed E-state index contributed by atoms with van der Waals surface area (Å²) >= 11 is 0. The molecular weight excluding hydrogens is 220 g/mol. The predicted molar refractivity (Wildman–Crippen MR) is 65.0 cm³/mol. The lowest BCUT2D eigenvalue weighted by molar-refractivity contribution is 0.0693. The van der Waals surface area contributed by atoms with E-state index in [2.05, 4.69) is 6.92 Å². The Morgan fingerprint density at radius 3 is 2.71 bits per heavy atom. The Kier molecular flexibility index (Phi) is 5.33. The number of hydrogen-bond acceptors (Lipinski definition) is 3. The Labute approximate surface area is 101 Å². The van der Waals surface area contributed by atoms with Crippen LogP contribution in [-0.4, -0.2) is 24.8 Å². The van der Waals surface area contributed by atoms with E-state index in [1.807, 2.05) is 0 Å². The van der Waals surface area contributed by atoms with E-state index in [0.717, 1.165) is 19.3 Å². The van der Waals surface area contributed by atoms with Crippen molar-refractivity contribution < 1.29 is 19.4 Å². The highest BCUT2D eigenvalue weighted by Gasteiger charge is 2.11. The van der Waals surface area contributed by atoms with E-state index in [0.29, 0.717) is 18.1 Å². The predicted octanol–water partition coefficient (Wildman–Crippen LogP) is 2.96. The van der Waals surface area contributed by atoms with E-state index < -0.39 is 5.97 Å². The minimum atomic E-state index is -1.00. The summed E-state index contributed by atoms with van der Waals surface area (Å²) in [5.41, 5.74) is 0.147. The summed E-state index contributed by atoms with van der Waals surface area (Å²) in [6, 6.07) is 4.75. The molecule has 0 aromatic heterocycles. The van der Waals surface area contributed by atoms with Crippen molar-refractivity contribution >= 4 is 5.97 Å². The van der Waals surface area contributed by atoms with Crippen LogP contribution in [0.5, 0.6) is 11.5 Å². The molecule has 0 heterocycles. The van der Waals surface area contributed by atoms with Gasteiger partial charge in [-0.3, -0.25) is 0 Å². The number of rotatable bonds is 7. The van der Waals surface area contributed by atoms with Gasteiger partial charge in [-0.1, -0.05) is 19.8 Å². The van der Waals surface area contributed by atoms with Gasteiger partial charge in [0.05, 0.1) is 13.7 Å². The molecule has 0 fully saturated rings. The molecular formula is C13H18O4. The molecule has 0 aliphatic carbocycles. The summed E-state index contributed by atoms with van der Waals surface area (Å²) in [7, 11) is 1.45. The monoisotopic (exact) mass is 238 g/mol. The molecule has 0 atom stereocenters. The van der Waals surface area contributed by atoms with Crippen molar-refractivity contribution in [3.63, 3.8) is 0 Å². The molecule has 0 bridgehead atoms. The van der Waals surface area contributed by atoms with E-state index in [1.165, 1.54) is 13.2 Å². The number of benzene rings is 1. The number of carbonyl (C=O) groups is 1. The number of aromatic carboxylic acids is 1. The lowest BCUT2D eigenvalue weighted by Gasteiger charge is -2.09. The minimum absolute atomic E-state index is 0.147. The lowest BCUT2D eigenvalue weighted by Crippen LogP contribution is -2.02. The van der Waals surface area contributed by atoms with Crippen LogP contribution in [0.4, 0.5) is 0 Å². The molecule has 0 radical (unpaired) electrons. The van der Waals surface area contributed by atoms with Gasteiger partial charge in [-0.25, -0.2) is 4.79 Å². The third-order valence-corrected chi connectivity index (χ3v) is 2.42. The quantitative estimate of drug-likeness (QED) is 0.742. The van der Waals surface area contributed by atoms with Crippen molar-refractivity contribution in [2.45, 2.75) is 26.2 Å². The molecule has 1 N–H and O–H groups in total. The fraction of sp³-hybridized carbons (Fsp3) is 0.462. The molecule has 0 saturated carbocycles. The van der Waals surface area contributed by atoms with Gasteiger partial charge in [-0.2, -0.15) is 0 Å². The highest BCUT2D eigenvalue weighted by molar-refractivity contribution is 5.91. The Morgan fingerprint density at radius 1 is 1.35 bits per heavy atom. The third kappa shape index (κ3) is 3.98. The second-order valence-electron chi connectivity index (χ2n) is 3.72. The summed E-state index contributed by atoms with van der Waals surface area (Å²) in [5.74, 6) is -0.0344. The van der Waals surface area contributed by atoms with Crippen molar-refractivity contribution in [3.8, 4) is 11.5 Å². The largest absolute Gasteiger partial charge is 0.496 e. The van der Waals surface area contributed by atoms with Gasteiger partial charge in [0.1, 0.15) is 17.1 Å². The molecule has 0 aliphatic heterocycles. The van der Waals surface area contributed by atoms with Crippen LogP contribution in [0.3, 0.4) is 0 Å². The highest BCUT2D eigenvalue weighted by Crippen LogP contribution is 2.24. The highest BCUT2D eigenvalue weighted by atomic mass is 16.5. The van der Waals surface area contributed by atoms with E-state index in [1.54, 1.807) is 12.1 Å². The maximum absolute atomic E-state index is 10.9. The van der Waals surface area contributed by atoms with Gasteiger partial charge in [-0.05, 0) is 18.6 Å². The number of carboxylic acid groups (broad SMARTS) is 1. The van der Waals surface area contributed by atoms with Crippen LogP contribution in [0, 0.1) is 0 Å². The summed E-state index contributed by atoms with van der Waals surface area (Å²) in [6.07, 6.45) is 3.27. The molecule has 0 amide bonds. The molecule has 17 heavy (non-hydrogen) atoms. The smallest absolute Gasteiger partial charge is 0.339 e. The Bertz CT molecular complexity index is 374. The average molecular weight is 238 g/mol. The molecule has 0 unspecified atom stereocenters. The van der Waals surface area contributed by atoms with Crippen LogP contribution in [-0.2, 0) is 0 Å². The number of ether oxygens (including phenoxy) is 2. The normalized spacial score (nSPS) is 10.0. The van der Waals surface area contributed by atoms with Crippen molar-refractivity contribution in [1.82, 2.24) is 0 Å². The van der Waals surface area contributed by atoms with Gasteiger partial charge >= 0.3 is 5.97 Å². The second-order valence-corrected chi connectivity index (χ2v) is 3.72. The molecule has 4 heteroatoms. The molecule has 0 aliphatic rings. The van der Waals surface area contributed by atoms with Crippen molar-refractivity contribution in [1.29, 1.82) is 0 Å². The number of methoxy groups -OCH3 is 1.